The first-order valence-corrected chi connectivity index (χ1v) is 5.74. The number of nitrogens with one attached hydrogen (secondary N) is 1. The molecule has 0 aliphatic rings. The van der Waals surface area contributed by atoms with Crippen LogP contribution in [0.2, 0.25) is 0 Å². The second kappa shape index (κ2) is 5.77. The van der Waals surface area contributed by atoms with Gasteiger partial charge in [0.2, 0.25) is 0 Å². The lowest BCUT2D eigenvalue weighted by Gasteiger charge is -2.12. The number of amides is 1. The normalized spacial score (nSPS) is 11.9. The van der Waals surface area contributed by atoms with E-state index >= 15 is 0 Å². The van der Waals surface area contributed by atoms with Crippen LogP contribution in [0.4, 0.5) is 4.39 Å². The van der Waals surface area contributed by atoms with Crippen LogP contribution < -0.4 is 5.32 Å². The van der Waals surface area contributed by atoms with E-state index in [2.05, 4.69) is 21.2 Å². The lowest BCUT2D eigenvalue weighted by molar-refractivity contribution is -0.139. The summed E-state index contributed by atoms with van der Waals surface area (Å²) < 4.78 is 13.7. The average molecular weight is 304 g/mol. The zero-order valence-corrected chi connectivity index (χ0v) is 10.6. The molecule has 1 amide bonds. The van der Waals surface area contributed by atoms with Crippen molar-refractivity contribution in [3.63, 3.8) is 0 Å². The number of hydrogen-bond donors (Lipinski definition) is 2. The van der Waals surface area contributed by atoms with Crippen LogP contribution in [0.15, 0.2) is 22.7 Å². The van der Waals surface area contributed by atoms with Gasteiger partial charge in [0.1, 0.15) is 11.9 Å². The van der Waals surface area contributed by atoms with Gasteiger partial charge in [0.25, 0.3) is 5.91 Å². The molecule has 0 unspecified atom stereocenters. The Morgan fingerprint density at radius 1 is 1.53 bits per heavy atom. The van der Waals surface area contributed by atoms with Crippen molar-refractivity contribution in [1.29, 1.82) is 0 Å². The van der Waals surface area contributed by atoms with Crippen molar-refractivity contribution in [2.45, 2.75) is 19.4 Å². The minimum Gasteiger partial charge on any atom is -0.480 e. The molecule has 1 aromatic carbocycles. The number of rotatable bonds is 4. The molecule has 0 saturated carbocycles. The lowest BCUT2D eigenvalue weighted by atomic mass is 10.1. The molecular weight excluding hydrogens is 293 g/mol. The highest BCUT2D eigenvalue weighted by Gasteiger charge is 2.21. The SMILES string of the molecule is CC[C@H](NC(=O)c1cccc(Br)c1F)C(=O)O. The molecule has 6 heteroatoms. The molecule has 92 valence electrons. The monoisotopic (exact) mass is 303 g/mol. The van der Waals surface area contributed by atoms with Gasteiger partial charge in [-0.15, -0.1) is 0 Å². The Morgan fingerprint density at radius 2 is 2.18 bits per heavy atom. The van der Waals surface area contributed by atoms with Crippen LogP contribution in [-0.4, -0.2) is 23.0 Å². The molecule has 4 nitrogen and oxygen atoms in total. The maximum absolute atomic E-state index is 13.6. The molecule has 0 spiro atoms. The van der Waals surface area contributed by atoms with Crippen LogP contribution in [0.1, 0.15) is 23.7 Å². The summed E-state index contributed by atoms with van der Waals surface area (Å²) in [6.45, 7) is 1.62. The molecule has 0 bridgehead atoms. The summed E-state index contributed by atoms with van der Waals surface area (Å²) >= 11 is 2.96. The van der Waals surface area contributed by atoms with Gasteiger partial charge in [-0.05, 0) is 34.5 Å². The van der Waals surface area contributed by atoms with E-state index in [1.54, 1.807) is 6.92 Å². The molecule has 0 aliphatic carbocycles. The van der Waals surface area contributed by atoms with E-state index in [9.17, 15) is 14.0 Å². The van der Waals surface area contributed by atoms with Crippen molar-refractivity contribution in [2.24, 2.45) is 0 Å². The molecule has 0 fully saturated rings. The predicted molar refractivity (Wildman–Crippen MR) is 63.3 cm³/mol. The molecular formula is C11H11BrFNO3. The van der Waals surface area contributed by atoms with E-state index in [0.29, 0.717) is 0 Å². The largest absolute Gasteiger partial charge is 0.480 e. The summed E-state index contributed by atoms with van der Waals surface area (Å²) in [6.07, 6.45) is 0.233. The maximum atomic E-state index is 13.6. The Bertz CT molecular complexity index is 450. The van der Waals surface area contributed by atoms with Gasteiger partial charge in [0.15, 0.2) is 0 Å². The third-order valence-corrected chi connectivity index (χ3v) is 2.82. The second-order valence-electron chi connectivity index (χ2n) is 3.37. The summed E-state index contributed by atoms with van der Waals surface area (Å²) in [5.74, 6) is -2.58. The number of hydrogen-bond acceptors (Lipinski definition) is 2. The summed E-state index contributed by atoms with van der Waals surface area (Å²) in [4.78, 5) is 22.4. The Morgan fingerprint density at radius 3 is 2.71 bits per heavy atom. The van der Waals surface area contributed by atoms with Gasteiger partial charge in [-0.25, -0.2) is 9.18 Å². The smallest absolute Gasteiger partial charge is 0.326 e. The number of carboxylic acid groups (broad SMARTS) is 1. The Balaban J connectivity index is 2.90. The number of carbonyl (C=O) groups excluding carboxylic acids is 1. The molecule has 1 atom stereocenters. The molecule has 0 aromatic heterocycles. The van der Waals surface area contributed by atoms with E-state index in [4.69, 9.17) is 5.11 Å². The highest BCUT2D eigenvalue weighted by molar-refractivity contribution is 9.10. The zero-order chi connectivity index (χ0) is 13.0. The van der Waals surface area contributed by atoms with Crippen LogP contribution in [0, 0.1) is 5.82 Å². The predicted octanol–water partition coefficient (Wildman–Crippen LogP) is 2.18. The standard InChI is InChI=1S/C11H11BrFNO3/c1-2-8(11(16)17)14-10(15)6-4-3-5-7(12)9(6)13/h3-5,8H,2H2,1H3,(H,14,15)(H,16,17)/t8-/m0/s1. The highest BCUT2D eigenvalue weighted by atomic mass is 79.9. The third kappa shape index (κ3) is 3.26. The topological polar surface area (TPSA) is 66.4 Å². The zero-order valence-electron chi connectivity index (χ0n) is 9.04. The number of carboxylic acids is 1. The van der Waals surface area contributed by atoms with Crippen molar-refractivity contribution >= 4 is 27.8 Å². The minimum atomic E-state index is -1.14. The van der Waals surface area contributed by atoms with Gasteiger partial charge in [-0.2, -0.15) is 0 Å². The van der Waals surface area contributed by atoms with E-state index in [0.717, 1.165) is 0 Å². The van der Waals surface area contributed by atoms with Gasteiger partial charge in [0.05, 0.1) is 10.0 Å². The fourth-order valence-corrected chi connectivity index (χ4v) is 1.62. The number of benzene rings is 1. The maximum Gasteiger partial charge on any atom is 0.326 e. The number of carbonyl (C=O) groups is 2. The average Bonchev–Trinajstić information content (AvgIpc) is 2.28. The van der Waals surface area contributed by atoms with Gasteiger partial charge in [0, 0.05) is 0 Å². The number of halogens is 2. The fraction of sp³-hybridized carbons (Fsp3) is 0.273. The van der Waals surface area contributed by atoms with Crippen LogP contribution >= 0.6 is 15.9 Å². The van der Waals surface area contributed by atoms with Crippen LogP contribution in [0.5, 0.6) is 0 Å². The third-order valence-electron chi connectivity index (χ3n) is 2.21. The molecule has 0 radical (unpaired) electrons. The van der Waals surface area contributed by atoms with E-state index in [-0.39, 0.29) is 16.5 Å². The molecule has 1 aromatic rings. The molecule has 0 heterocycles. The summed E-state index contributed by atoms with van der Waals surface area (Å²) in [5.41, 5.74) is -0.181. The van der Waals surface area contributed by atoms with Crippen molar-refractivity contribution in [1.82, 2.24) is 5.32 Å². The summed E-state index contributed by atoms with van der Waals surface area (Å²) in [5, 5.41) is 11.0. The van der Waals surface area contributed by atoms with Crippen molar-refractivity contribution in [2.75, 3.05) is 0 Å². The van der Waals surface area contributed by atoms with Crippen LogP contribution in [-0.2, 0) is 4.79 Å². The Kier molecular flexibility index (Phi) is 4.62. The van der Waals surface area contributed by atoms with Crippen molar-refractivity contribution in [3.05, 3.63) is 34.1 Å². The molecule has 2 N–H and O–H groups in total. The van der Waals surface area contributed by atoms with Crippen LogP contribution in [0.25, 0.3) is 0 Å². The van der Waals surface area contributed by atoms with Crippen molar-refractivity contribution < 1.29 is 19.1 Å². The van der Waals surface area contributed by atoms with Gasteiger partial charge in [-0.1, -0.05) is 13.0 Å². The summed E-state index contributed by atoms with van der Waals surface area (Å²) in [6, 6.07) is 3.25. The Hall–Kier alpha value is -1.43. The van der Waals surface area contributed by atoms with Gasteiger partial charge in [-0.3, -0.25) is 4.79 Å². The molecule has 0 saturated heterocycles. The first-order chi connectivity index (χ1) is 7.97. The second-order valence-corrected chi connectivity index (χ2v) is 4.23. The van der Waals surface area contributed by atoms with Crippen LogP contribution in [0.3, 0.4) is 0 Å². The Labute approximate surface area is 106 Å². The first kappa shape index (κ1) is 13.6. The first-order valence-electron chi connectivity index (χ1n) is 4.95. The van der Waals surface area contributed by atoms with E-state index in [1.807, 2.05) is 0 Å². The number of aliphatic carboxylic acids is 1. The fourth-order valence-electron chi connectivity index (χ4n) is 1.25. The van der Waals surface area contributed by atoms with Gasteiger partial charge >= 0.3 is 5.97 Å². The summed E-state index contributed by atoms with van der Waals surface area (Å²) in [7, 11) is 0. The van der Waals surface area contributed by atoms with E-state index < -0.39 is 23.7 Å². The lowest BCUT2D eigenvalue weighted by Crippen LogP contribution is -2.40. The molecule has 17 heavy (non-hydrogen) atoms. The van der Waals surface area contributed by atoms with E-state index in [1.165, 1.54) is 18.2 Å². The quantitative estimate of drug-likeness (QED) is 0.896. The minimum absolute atomic E-state index is 0.161. The molecule has 1 rings (SSSR count). The molecule has 0 aliphatic heterocycles. The van der Waals surface area contributed by atoms with Crippen molar-refractivity contribution in [3.8, 4) is 0 Å². The van der Waals surface area contributed by atoms with Gasteiger partial charge < -0.3 is 10.4 Å². The highest BCUT2D eigenvalue weighted by Crippen LogP contribution is 2.18.